The minimum absolute atomic E-state index is 0.0288. The highest BCUT2D eigenvalue weighted by atomic mass is 35.5. The molecule has 0 heterocycles. The molecular formula is C24H26Cl2N2O4. The number of amides is 1. The Bertz CT molecular complexity index is 996. The minimum atomic E-state index is -0.979. The molecule has 0 radical (unpaired) electrons. The molecule has 0 atom stereocenters. The monoisotopic (exact) mass is 476 g/mol. The fourth-order valence-corrected chi connectivity index (χ4v) is 4.19. The minimum Gasteiger partial charge on any atom is -0.493 e. The highest BCUT2D eigenvalue weighted by Crippen LogP contribution is 2.38. The average Bonchev–Trinajstić information content (AvgIpc) is 2.73. The molecule has 2 aromatic carbocycles. The predicted molar refractivity (Wildman–Crippen MR) is 124 cm³/mol. The van der Waals surface area contributed by atoms with Gasteiger partial charge in [0.15, 0.2) is 5.75 Å². The number of benzene rings is 2. The summed E-state index contributed by atoms with van der Waals surface area (Å²) in [5.41, 5.74) is 1.93. The Balaban J connectivity index is 1.67. The highest BCUT2D eigenvalue weighted by Gasteiger charge is 2.31. The van der Waals surface area contributed by atoms with E-state index in [2.05, 4.69) is 25.2 Å². The van der Waals surface area contributed by atoms with Crippen LogP contribution in [0.3, 0.4) is 0 Å². The van der Waals surface area contributed by atoms with Crippen LogP contribution in [0.2, 0.25) is 5.02 Å². The van der Waals surface area contributed by atoms with Crippen LogP contribution in [0.1, 0.15) is 43.4 Å². The van der Waals surface area contributed by atoms with Crippen LogP contribution in [0, 0.1) is 17.2 Å². The molecule has 1 amide bonds. The lowest BCUT2D eigenvalue weighted by Crippen LogP contribution is -2.45. The van der Waals surface area contributed by atoms with Crippen molar-refractivity contribution >= 4 is 29.3 Å². The van der Waals surface area contributed by atoms with Gasteiger partial charge < -0.3 is 19.9 Å². The lowest BCUT2D eigenvalue weighted by Gasteiger charge is -2.34. The van der Waals surface area contributed by atoms with Crippen LogP contribution in [0.4, 0.5) is 4.79 Å². The van der Waals surface area contributed by atoms with Gasteiger partial charge in [0.25, 0.3) is 0 Å². The van der Waals surface area contributed by atoms with Gasteiger partial charge in [0.05, 0.1) is 23.1 Å². The molecule has 6 nitrogen and oxygen atoms in total. The number of carbonyl (C=O) groups is 1. The molecule has 0 aliphatic heterocycles. The van der Waals surface area contributed by atoms with E-state index in [9.17, 15) is 10.1 Å². The average molecular weight is 477 g/mol. The van der Waals surface area contributed by atoms with E-state index in [4.69, 9.17) is 37.8 Å². The van der Waals surface area contributed by atoms with Crippen molar-refractivity contribution in [1.29, 1.82) is 5.26 Å². The fourth-order valence-electron chi connectivity index (χ4n) is 3.84. The number of nitrogens with one attached hydrogen (secondary N) is 1. The molecule has 1 aliphatic rings. The SMILES string of the molecule is CC(C)(c1ccc(OCC2CC(NC(=O)O)C2)cc1)c1cc(Cl)c(OCCCl)c(C#N)c1. The second kappa shape index (κ2) is 10.3. The number of hydrogen-bond acceptors (Lipinski definition) is 4. The van der Waals surface area contributed by atoms with Crippen molar-refractivity contribution in [3.8, 4) is 17.6 Å². The standard InChI is InChI=1S/C24H26Cl2N2O4/c1-24(2,18-11-16(13-27)22(21(26)12-18)31-8-7-25)17-3-5-20(6-4-17)32-14-15-9-19(10-15)28-23(29)30/h3-6,11-12,15,19,28H,7-10,14H2,1-2H3,(H,29,30). The Hall–Kier alpha value is -2.62. The maximum Gasteiger partial charge on any atom is 0.404 e. The summed E-state index contributed by atoms with van der Waals surface area (Å²) in [6.45, 7) is 4.97. The van der Waals surface area contributed by atoms with Crippen LogP contribution >= 0.6 is 23.2 Å². The van der Waals surface area contributed by atoms with Gasteiger partial charge in [-0.05, 0) is 54.2 Å². The summed E-state index contributed by atoms with van der Waals surface area (Å²) in [6.07, 6.45) is 0.613. The van der Waals surface area contributed by atoms with Gasteiger partial charge in [-0.15, -0.1) is 11.6 Å². The third-order valence-corrected chi connectivity index (χ3v) is 6.27. The molecule has 0 bridgehead atoms. The predicted octanol–water partition coefficient (Wildman–Crippen LogP) is 5.58. The number of halogens is 2. The van der Waals surface area contributed by atoms with Crippen LogP contribution in [-0.4, -0.2) is 36.3 Å². The van der Waals surface area contributed by atoms with Gasteiger partial charge in [0.1, 0.15) is 18.4 Å². The lowest BCUT2D eigenvalue weighted by atomic mass is 9.77. The summed E-state index contributed by atoms with van der Waals surface area (Å²) >= 11 is 12.1. The first kappa shape index (κ1) is 24.0. The number of carboxylic acid groups (broad SMARTS) is 1. The number of hydrogen-bond donors (Lipinski definition) is 2. The first-order valence-corrected chi connectivity index (χ1v) is 11.3. The third-order valence-electron chi connectivity index (χ3n) is 5.83. The number of alkyl halides is 1. The quantitative estimate of drug-likeness (QED) is 0.460. The normalized spacial score (nSPS) is 17.7. The van der Waals surface area contributed by atoms with Gasteiger partial charge in [-0.2, -0.15) is 5.26 Å². The van der Waals surface area contributed by atoms with Crippen molar-refractivity contribution in [2.45, 2.75) is 38.1 Å². The molecule has 2 N–H and O–H groups in total. The summed E-state index contributed by atoms with van der Waals surface area (Å²) < 4.78 is 11.4. The lowest BCUT2D eigenvalue weighted by molar-refractivity contribution is 0.130. The highest BCUT2D eigenvalue weighted by molar-refractivity contribution is 6.32. The third kappa shape index (κ3) is 5.59. The zero-order chi connectivity index (χ0) is 23.3. The molecule has 1 fully saturated rings. The van der Waals surface area contributed by atoms with Crippen molar-refractivity contribution in [1.82, 2.24) is 5.32 Å². The zero-order valence-electron chi connectivity index (χ0n) is 18.0. The zero-order valence-corrected chi connectivity index (χ0v) is 19.5. The van der Waals surface area contributed by atoms with Gasteiger partial charge in [0.2, 0.25) is 0 Å². The molecule has 0 spiro atoms. The molecule has 0 aromatic heterocycles. The summed E-state index contributed by atoms with van der Waals surface area (Å²) in [5, 5.41) is 21.2. The van der Waals surface area contributed by atoms with Gasteiger partial charge in [0, 0.05) is 11.5 Å². The number of nitriles is 1. The Morgan fingerprint density at radius 2 is 1.91 bits per heavy atom. The van der Waals surface area contributed by atoms with Crippen LogP contribution in [-0.2, 0) is 5.41 Å². The molecule has 0 saturated heterocycles. The maximum atomic E-state index is 10.6. The molecule has 32 heavy (non-hydrogen) atoms. The first-order chi connectivity index (χ1) is 15.2. The molecule has 170 valence electrons. The molecule has 2 aromatic rings. The number of nitrogens with zero attached hydrogens (tertiary/aromatic N) is 1. The van der Waals surface area contributed by atoms with E-state index < -0.39 is 11.5 Å². The van der Waals surface area contributed by atoms with Crippen LogP contribution in [0.15, 0.2) is 36.4 Å². The van der Waals surface area contributed by atoms with Crippen LogP contribution in [0.25, 0.3) is 0 Å². The molecule has 0 unspecified atom stereocenters. The van der Waals surface area contributed by atoms with Crippen LogP contribution in [0.5, 0.6) is 11.5 Å². The van der Waals surface area contributed by atoms with E-state index >= 15 is 0 Å². The fraction of sp³-hybridized carbons (Fsp3) is 0.417. The van der Waals surface area contributed by atoms with E-state index in [-0.39, 0.29) is 12.6 Å². The number of rotatable bonds is 9. The molecule has 3 rings (SSSR count). The smallest absolute Gasteiger partial charge is 0.404 e. The van der Waals surface area contributed by atoms with E-state index in [0.717, 1.165) is 29.7 Å². The summed E-state index contributed by atoms with van der Waals surface area (Å²) in [4.78, 5) is 10.6. The van der Waals surface area contributed by atoms with Crippen molar-refractivity contribution in [2.24, 2.45) is 5.92 Å². The van der Waals surface area contributed by atoms with Crippen molar-refractivity contribution < 1.29 is 19.4 Å². The van der Waals surface area contributed by atoms with E-state index in [1.807, 2.05) is 30.3 Å². The van der Waals surface area contributed by atoms with E-state index in [0.29, 0.717) is 34.7 Å². The Labute approximate surface area is 198 Å². The molecule has 1 saturated carbocycles. The van der Waals surface area contributed by atoms with Gasteiger partial charge in [-0.3, -0.25) is 0 Å². The van der Waals surface area contributed by atoms with Gasteiger partial charge >= 0.3 is 6.09 Å². The van der Waals surface area contributed by atoms with Gasteiger partial charge in [-0.25, -0.2) is 4.79 Å². The Kier molecular flexibility index (Phi) is 7.76. The number of ether oxygens (including phenoxy) is 2. The second-order valence-electron chi connectivity index (χ2n) is 8.43. The van der Waals surface area contributed by atoms with E-state index in [1.54, 1.807) is 6.07 Å². The van der Waals surface area contributed by atoms with Gasteiger partial charge in [-0.1, -0.05) is 37.6 Å². The van der Waals surface area contributed by atoms with E-state index in [1.165, 1.54) is 0 Å². The van der Waals surface area contributed by atoms with Crippen molar-refractivity contribution in [3.05, 3.63) is 58.1 Å². The topological polar surface area (TPSA) is 91.6 Å². The summed E-state index contributed by atoms with van der Waals surface area (Å²) in [7, 11) is 0. The summed E-state index contributed by atoms with van der Waals surface area (Å²) in [5.74, 6) is 1.78. The second-order valence-corrected chi connectivity index (χ2v) is 9.21. The van der Waals surface area contributed by atoms with Crippen molar-refractivity contribution in [3.63, 3.8) is 0 Å². The van der Waals surface area contributed by atoms with Crippen molar-refractivity contribution in [2.75, 3.05) is 19.1 Å². The Morgan fingerprint density at radius 1 is 1.22 bits per heavy atom. The van der Waals surface area contributed by atoms with Crippen LogP contribution < -0.4 is 14.8 Å². The molecule has 1 aliphatic carbocycles. The molecule has 8 heteroatoms. The Morgan fingerprint density at radius 3 is 2.50 bits per heavy atom. The molecular weight excluding hydrogens is 451 g/mol. The first-order valence-electron chi connectivity index (χ1n) is 10.4. The largest absolute Gasteiger partial charge is 0.493 e. The summed E-state index contributed by atoms with van der Waals surface area (Å²) in [6, 6.07) is 13.7. The maximum absolute atomic E-state index is 10.6.